The molecule has 1 aliphatic heterocycles. The number of aromatic amines is 1. The fraction of sp³-hybridized carbons (Fsp3) is 0.238. The van der Waals surface area contributed by atoms with Crippen molar-refractivity contribution in [2.24, 2.45) is 10.7 Å². The van der Waals surface area contributed by atoms with Crippen LogP contribution in [0.3, 0.4) is 0 Å². The topological polar surface area (TPSA) is 134 Å². The molecule has 0 amide bonds. The number of nitrogens with two attached hydrogens (primary N) is 1. The van der Waals surface area contributed by atoms with Gasteiger partial charge in [-0.2, -0.15) is 13.5 Å². The number of hydrogen-bond donors (Lipinski definition) is 3. The summed E-state index contributed by atoms with van der Waals surface area (Å²) >= 11 is 0. The molecule has 4 aromatic rings. The second-order valence-electron chi connectivity index (χ2n) is 7.58. The molecule has 1 aliphatic rings. The quantitative estimate of drug-likeness (QED) is 0.304. The molecule has 0 aliphatic carbocycles. The van der Waals surface area contributed by atoms with Gasteiger partial charge in [-0.1, -0.05) is 6.07 Å². The van der Waals surface area contributed by atoms with Crippen molar-refractivity contribution in [3.8, 4) is 0 Å². The van der Waals surface area contributed by atoms with Crippen LogP contribution >= 0.6 is 0 Å². The molecular formula is C21H23N8O2S+. The summed E-state index contributed by atoms with van der Waals surface area (Å²) in [6.45, 7) is 1.89. The molecule has 0 bridgehead atoms. The lowest BCUT2D eigenvalue weighted by atomic mass is 10.1. The molecule has 0 spiro atoms. The lowest BCUT2D eigenvalue weighted by molar-refractivity contribution is -0.548. The molecule has 5 rings (SSSR count). The summed E-state index contributed by atoms with van der Waals surface area (Å²) in [4.78, 5) is 13.3. The number of piperidine rings is 1. The maximum absolute atomic E-state index is 13.4. The summed E-state index contributed by atoms with van der Waals surface area (Å²) < 4.78 is 29.5. The van der Waals surface area contributed by atoms with Crippen LogP contribution in [0.5, 0.6) is 0 Å². The van der Waals surface area contributed by atoms with Crippen molar-refractivity contribution < 1.29 is 12.5 Å². The Morgan fingerprint density at radius 2 is 2.09 bits per heavy atom. The predicted octanol–water partition coefficient (Wildman–Crippen LogP) is 0.858. The first-order valence-corrected chi connectivity index (χ1v) is 11.7. The van der Waals surface area contributed by atoms with E-state index in [1.165, 1.54) is 16.8 Å². The average molecular weight is 452 g/mol. The van der Waals surface area contributed by atoms with Gasteiger partial charge in [0.2, 0.25) is 5.03 Å². The SMILES string of the molecule is NC=C(C=NC1CCNCC1)c1cnc2c[nH][n+](S(=O)(=O)c3cnc4ccccn34)c2c1. The van der Waals surface area contributed by atoms with Gasteiger partial charge in [-0.15, -0.1) is 0 Å². The molecule has 0 aromatic carbocycles. The Balaban J connectivity index is 1.54. The third-order valence-corrected chi connectivity index (χ3v) is 7.18. The molecule has 1 saturated heterocycles. The highest BCUT2D eigenvalue weighted by atomic mass is 32.2. The molecule has 11 heteroatoms. The summed E-state index contributed by atoms with van der Waals surface area (Å²) in [7, 11) is -3.95. The van der Waals surface area contributed by atoms with Gasteiger partial charge in [0.15, 0.2) is 5.52 Å². The van der Waals surface area contributed by atoms with Crippen molar-refractivity contribution in [2.45, 2.75) is 23.9 Å². The van der Waals surface area contributed by atoms with Gasteiger partial charge in [-0.3, -0.25) is 9.39 Å². The highest BCUT2D eigenvalue weighted by molar-refractivity contribution is 7.84. The van der Waals surface area contributed by atoms with Gasteiger partial charge in [0.05, 0.1) is 18.4 Å². The van der Waals surface area contributed by atoms with Gasteiger partial charge in [0.1, 0.15) is 5.65 Å². The smallest absolute Gasteiger partial charge is 0.404 e. The van der Waals surface area contributed by atoms with E-state index in [0.29, 0.717) is 27.8 Å². The Morgan fingerprint density at radius 3 is 2.91 bits per heavy atom. The molecule has 0 radical (unpaired) electrons. The number of aliphatic imine (C=N–C) groups is 1. The predicted molar refractivity (Wildman–Crippen MR) is 121 cm³/mol. The third kappa shape index (κ3) is 3.55. The van der Waals surface area contributed by atoms with E-state index >= 15 is 0 Å². The number of aromatic nitrogens is 5. The largest absolute Gasteiger partial charge is 0.439 e. The fourth-order valence-electron chi connectivity index (χ4n) is 3.83. The normalized spacial score (nSPS) is 16.4. The molecule has 0 unspecified atom stereocenters. The first-order chi connectivity index (χ1) is 15.6. The molecule has 5 heterocycles. The highest BCUT2D eigenvalue weighted by Gasteiger charge is 2.34. The number of hydrogen-bond acceptors (Lipinski definition) is 7. The van der Waals surface area contributed by atoms with E-state index in [0.717, 1.165) is 30.0 Å². The highest BCUT2D eigenvalue weighted by Crippen LogP contribution is 2.19. The number of H-pyrrole nitrogens is 1. The second-order valence-corrected chi connectivity index (χ2v) is 9.31. The van der Waals surface area contributed by atoms with Crippen molar-refractivity contribution >= 4 is 38.5 Å². The third-order valence-electron chi connectivity index (χ3n) is 5.57. The van der Waals surface area contributed by atoms with Gasteiger partial charge in [0.25, 0.3) is 5.52 Å². The van der Waals surface area contributed by atoms with Crippen LogP contribution in [0.4, 0.5) is 0 Å². The fourth-order valence-corrected chi connectivity index (χ4v) is 5.21. The van der Waals surface area contributed by atoms with Crippen LogP contribution in [0.25, 0.3) is 22.3 Å². The van der Waals surface area contributed by atoms with E-state index in [-0.39, 0.29) is 11.1 Å². The minimum Gasteiger partial charge on any atom is -0.404 e. The summed E-state index contributed by atoms with van der Waals surface area (Å²) in [5, 5.41) is 6.17. The van der Waals surface area contributed by atoms with Crippen molar-refractivity contribution in [3.05, 3.63) is 60.8 Å². The maximum Gasteiger partial charge on any atom is 0.439 e. The van der Waals surface area contributed by atoms with Crippen LogP contribution in [-0.2, 0) is 10.0 Å². The van der Waals surface area contributed by atoms with Crippen LogP contribution in [0.1, 0.15) is 18.4 Å². The summed E-state index contributed by atoms with van der Waals surface area (Å²) in [6, 6.07) is 7.29. The van der Waals surface area contributed by atoms with Crippen molar-refractivity contribution in [3.63, 3.8) is 0 Å². The van der Waals surface area contributed by atoms with E-state index in [9.17, 15) is 8.42 Å². The summed E-state index contributed by atoms with van der Waals surface area (Å²) in [5.41, 5.74) is 8.69. The number of nitrogens with zero attached hydrogens (tertiary/aromatic N) is 5. The molecule has 0 saturated carbocycles. The van der Waals surface area contributed by atoms with Gasteiger partial charge < -0.3 is 11.1 Å². The number of imidazole rings is 1. The molecule has 0 atom stereocenters. The van der Waals surface area contributed by atoms with Crippen molar-refractivity contribution in [2.75, 3.05) is 13.1 Å². The Bertz CT molecular complexity index is 1450. The Hall–Kier alpha value is -3.57. The first kappa shape index (κ1) is 20.3. The minimum atomic E-state index is -3.95. The number of pyridine rings is 2. The maximum atomic E-state index is 13.4. The molecule has 4 aromatic heterocycles. The zero-order valence-electron chi connectivity index (χ0n) is 17.2. The van der Waals surface area contributed by atoms with E-state index in [2.05, 4.69) is 25.4 Å². The van der Waals surface area contributed by atoms with E-state index in [1.807, 2.05) is 0 Å². The molecule has 10 nitrogen and oxygen atoms in total. The van der Waals surface area contributed by atoms with Crippen molar-refractivity contribution in [1.29, 1.82) is 0 Å². The van der Waals surface area contributed by atoms with E-state index in [1.54, 1.807) is 49.1 Å². The summed E-state index contributed by atoms with van der Waals surface area (Å²) in [5.74, 6) is 0. The lowest BCUT2D eigenvalue weighted by Crippen LogP contribution is -2.45. The first-order valence-electron chi connectivity index (χ1n) is 10.3. The average Bonchev–Trinajstić information content (AvgIpc) is 3.45. The lowest BCUT2D eigenvalue weighted by Gasteiger charge is -2.18. The zero-order valence-corrected chi connectivity index (χ0v) is 18.0. The zero-order chi connectivity index (χ0) is 22.1. The molecular weight excluding hydrogens is 428 g/mol. The van der Waals surface area contributed by atoms with Crippen LogP contribution in [0.2, 0.25) is 0 Å². The van der Waals surface area contributed by atoms with E-state index < -0.39 is 10.0 Å². The van der Waals surface area contributed by atoms with E-state index in [4.69, 9.17) is 5.73 Å². The Labute approximate surface area is 184 Å². The minimum absolute atomic E-state index is 0.0503. The Kier molecular flexibility index (Phi) is 5.19. The second kappa shape index (κ2) is 8.17. The van der Waals surface area contributed by atoms with Crippen LogP contribution in [-0.4, -0.2) is 53.2 Å². The standard InChI is InChI=1S/C21H22N8O2S/c22-10-16(12-24-17-4-6-23-7-5-17)15-9-19-18(25-11-15)13-27-29(19)32(30,31)21-14-26-20-3-1-2-8-28(20)21/h1-3,8-14,17,23H,4-7H2,(H2,22,24,27)/p+1. The number of fused-ring (bicyclic) bond motifs is 2. The number of nitrogens with one attached hydrogen (secondary N) is 2. The van der Waals surface area contributed by atoms with Crippen molar-refractivity contribution in [1.82, 2.24) is 24.8 Å². The molecule has 4 N–H and O–H groups in total. The van der Waals surface area contributed by atoms with Crippen LogP contribution in [0.15, 0.2) is 65.3 Å². The number of allylic oxidation sites excluding steroid dienone is 1. The molecule has 164 valence electrons. The molecule has 32 heavy (non-hydrogen) atoms. The summed E-state index contributed by atoms with van der Waals surface area (Å²) in [6.07, 6.45) is 11.4. The van der Waals surface area contributed by atoms with Gasteiger partial charge in [0, 0.05) is 46.1 Å². The van der Waals surface area contributed by atoms with Crippen LogP contribution in [0, 0.1) is 0 Å². The van der Waals surface area contributed by atoms with Gasteiger partial charge in [-0.25, -0.2) is 9.97 Å². The van der Waals surface area contributed by atoms with Gasteiger partial charge >= 0.3 is 10.0 Å². The van der Waals surface area contributed by atoms with Gasteiger partial charge in [-0.05, 0) is 38.1 Å². The Morgan fingerprint density at radius 1 is 1.25 bits per heavy atom. The number of rotatable bonds is 5. The molecule has 1 fully saturated rings. The monoisotopic (exact) mass is 451 g/mol. The van der Waals surface area contributed by atoms with Crippen LogP contribution < -0.4 is 15.1 Å².